The highest BCUT2D eigenvalue weighted by Crippen LogP contribution is 2.21. The average molecular weight is 381 g/mol. The van der Waals surface area contributed by atoms with Gasteiger partial charge in [-0.1, -0.05) is 12.1 Å². The molecule has 2 N–H and O–H groups in total. The summed E-state index contributed by atoms with van der Waals surface area (Å²) in [7, 11) is 0. The lowest BCUT2D eigenvalue weighted by atomic mass is 10.1. The van der Waals surface area contributed by atoms with Gasteiger partial charge in [0.1, 0.15) is 0 Å². The number of anilines is 2. The van der Waals surface area contributed by atoms with Crippen LogP contribution in [0.4, 0.5) is 16.2 Å². The highest BCUT2D eigenvalue weighted by atomic mass is 16.5. The lowest BCUT2D eigenvalue weighted by Gasteiger charge is -2.16. The van der Waals surface area contributed by atoms with E-state index in [1.165, 1.54) is 0 Å². The molecule has 1 saturated heterocycles. The molecule has 0 unspecified atom stereocenters. The Morgan fingerprint density at radius 3 is 2.39 bits per heavy atom. The maximum Gasteiger partial charge on any atom is 0.411 e. The number of hydrogen-bond acceptors (Lipinski definition) is 4. The van der Waals surface area contributed by atoms with Crippen molar-refractivity contribution in [3.63, 3.8) is 0 Å². The van der Waals surface area contributed by atoms with Gasteiger partial charge in [-0.2, -0.15) is 0 Å². The fourth-order valence-corrected chi connectivity index (χ4v) is 2.99. The van der Waals surface area contributed by atoms with Crippen molar-refractivity contribution in [1.82, 2.24) is 5.32 Å². The minimum atomic E-state index is -0.529. The molecule has 0 bridgehead atoms. The lowest BCUT2D eigenvalue weighted by Crippen LogP contribution is -2.24. The van der Waals surface area contributed by atoms with Gasteiger partial charge in [0.05, 0.1) is 6.61 Å². The predicted molar refractivity (Wildman–Crippen MR) is 106 cm³/mol. The van der Waals surface area contributed by atoms with E-state index in [0.717, 1.165) is 24.2 Å². The van der Waals surface area contributed by atoms with E-state index >= 15 is 0 Å². The summed E-state index contributed by atoms with van der Waals surface area (Å²) in [5.74, 6) is -0.0524. The van der Waals surface area contributed by atoms with Gasteiger partial charge >= 0.3 is 6.09 Å². The number of ether oxygens (including phenoxy) is 1. The van der Waals surface area contributed by atoms with Gasteiger partial charge in [0.2, 0.25) is 5.91 Å². The molecule has 1 heterocycles. The van der Waals surface area contributed by atoms with Gasteiger partial charge in [0.25, 0.3) is 5.91 Å². The fourth-order valence-electron chi connectivity index (χ4n) is 2.99. The van der Waals surface area contributed by atoms with Crippen molar-refractivity contribution < 1.29 is 19.1 Å². The van der Waals surface area contributed by atoms with Crippen LogP contribution in [0.15, 0.2) is 48.5 Å². The van der Waals surface area contributed by atoms with Gasteiger partial charge in [-0.3, -0.25) is 14.9 Å². The molecule has 3 amide bonds. The van der Waals surface area contributed by atoms with Crippen molar-refractivity contribution in [3.8, 4) is 0 Å². The van der Waals surface area contributed by atoms with Gasteiger partial charge in [-0.15, -0.1) is 0 Å². The van der Waals surface area contributed by atoms with Crippen LogP contribution in [-0.2, 0) is 16.1 Å². The molecular formula is C21H23N3O4. The van der Waals surface area contributed by atoms with E-state index in [-0.39, 0.29) is 11.8 Å². The van der Waals surface area contributed by atoms with Crippen LogP contribution >= 0.6 is 0 Å². The molecule has 0 aliphatic carbocycles. The molecular weight excluding hydrogens is 358 g/mol. The number of carbonyl (C=O) groups is 3. The molecule has 7 heteroatoms. The molecule has 0 saturated carbocycles. The van der Waals surface area contributed by atoms with E-state index in [4.69, 9.17) is 4.74 Å². The molecule has 1 aliphatic rings. The second-order valence-electron chi connectivity index (χ2n) is 6.42. The molecule has 1 fully saturated rings. The quantitative estimate of drug-likeness (QED) is 0.804. The van der Waals surface area contributed by atoms with Crippen LogP contribution in [0.25, 0.3) is 0 Å². The van der Waals surface area contributed by atoms with Crippen molar-refractivity contribution >= 4 is 29.3 Å². The summed E-state index contributed by atoms with van der Waals surface area (Å²) in [6.07, 6.45) is 0.968. The molecule has 0 atom stereocenters. The molecule has 2 aromatic rings. The Balaban J connectivity index is 1.52. The Morgan fingerprint density at radius 2 is 1.79 bits per heavy atom. The van der Waals surface area contributed by atoms with Gasteiger partial charge in [-0.05, 0) is 55.3 Å². The van der Waals surface area contributed by atoms with Gasteiger partial charge < -0.3 is 15.0 Å². The lowest BCUT2D eigenvalue weighted by molar-refractivity contribution is -0.117. The summed E-state index contributed by atoms with van der Waals surface area (Å²) in [5, 5.41) is 5.44. The third kappa shape index (κ3) is 4.88. The normalized spacial score (nSPS) is 13.3. The first-order valence-electron chi connectivity index (χ1n) is 9.28. The number of nitrogens with zero attached hydrogens (tertiary/aromatic N) is 1. The Morgan fingerprint density at radius 1 is 1.07 bits per heavy atom. The van der Waals surface area contributed by atoms with Crippen LogP contribution in [0.2, 0.25) is 0 Å². The molecule has 0 spiro atoms. The van der Waals surface area contributed by atoms with E-state index in [2.05, 4.69) is 10.6 Å². The van der Waals surface area contributed by atoms with Gasteiger partial charge in [0.15, 0.2) is 0 Å². The Bertz CT molecular complexity index is 847. The molecule has 1 aliphatic heterocycles. The molecule has 3 rings (SSSR count). The Kier molecular flexibility index (Phi) is 6.26. The molecule has 2 aromatic carbocycles. The maximum atomic E-state index is 12.3. The molecule has 0 aromatic heterocycles. The van der Waals surface area contributed by atoms with Crippen molar-refractivity contribution in [2.24, 2.45) is 0 Å². The van der Waals surface area contributed by atoms with Crippen LogP contribution in [0.5, 0.6) is 0 Å². The van der Waals surface area contributed by atoms with Gasteiger partial charge in [0, 0.05) is 36.4 Å². The third-order valence-corrected chi connectivity index (χ3v) is 4.44. The summed E-state index contributed by atoms with van der Waals surface area (Å²) in [6.45, 7) is 3.17. The number of amides is 3. The number of carbonyl (C=O) groups excluding carboxylic acids is 3. The zero-order chi connectivity index (χ0) is 19.9. The fraction of sp³-hybridized carbons (Fsp3) is 0.286. The average Bonchev–Trinajstić information content (AvgIpc) is 3.13. The van der Waals surface area contributed by atoms with E-state index in [1.807, 2.05) is 24.3 Å². The minimum absolute atomic E-state index is 0.155. The van der Waals surface area contributed by atoms with E-state index in [0.29, 0.717) is 30.8 Å². The number of benzene rings is 2. The zero-order valence-electron chi connectivity index (χ0n) is 15.7. The monoisotopic (exact) mass is 381 g/mol. The number of nitrogens with one attached hydrogen (secondary N) is 2. The van der Waals surface area contributed by atoms with Crippen LogP contribution in [0.3, 0.4) is 0 Å². The van der Waals surface area contributed by atoms with Crippen molar-refractivity contribution in [2.75, 3.05) is 23.4 Å². The van der Waals surface area contributed by atoms with Gasteiger partial charge in [-0.25, -0.2) is 4.79 Å². The highest BCUT2D eigenvalue weighted by molar-refractivity contribution is 5.96. The van der Waals surface area contributed by atoms with Crippen molar-refractivity contribution in [3.05, 3.63) is 59.7 Å². The van der Waals surface area contributed by atoms with Crippen molar-refractivity contribution in [1.29, 1.82) is 0 Å². The van der Waals surface area contributed by atoms with E-state index in [9.17, 15) is 14.4 Å². The second-order valence-corrected chi connectivity index (χ2v) is 6.42. The summed E-state index contributed by atoms with van der Waals surface area (Å²) in [4.78, 5) is 37.3. The molecule has 146 valence electrons. The van der Waals surface area contributed by atoms with E-state index < -0.39 is 6.09 Å². The summed E-state index contributed by atoms with van der Waals surface area (Å²) in [5.41, 5.74) is 2.89. The smallest absolute Gasteiger partial charge is 0.411 e. The van der Waals surface area contributed by atoms with Crippen LogP contribution < -0.4 is 15.5 Å². The largest absolute Gasteiger partial charge is 0.450 e. The number of rotatable bonds is 6. The first-order valence-corrected chi connectivity index (χ1v) is 9.28. The predicted octanol–water partition coefficient (Wildman–Crippen LogP) is 3.31. The molecule has 7 nitrogen and oxygen atoms in total. The minimum Gasteiger partial charge on any atom is -0.450 e. The summed E-state index contributed by atoms with van der Waals surface area (Å²) >= 11 is 0. The highest BCUT2D eigenvalue weighted by Gasteiger charge is 2.21. The Labute approximate surface area is 163 Å². The standard InChI is InChI=1S/C21H23N3O4/c1-2-28-21(27)23-17-9-7-16(8-10-17)20(26)22-14-15-5-11-18(12-6-15)24-13-3-4-19(24)25/h5-12H,2-4,13-14H2,1H3,(H,22,26)(H,23,27). The number of hydrogen-bond donors (Lipinski definition) is 2. The van der Waals surface area contributed by atoms with E-state index in [1.54, 1.807) is 36.1 Å². The molecule has 0 radical (unpaired) electrons. The Hall–Kier alpha value is -3.35. The second kappa shape index (κ2) is 9.03. The first-order chi connectivity index (χ1) is 13.6. The van der Waals surface area contributed by atoms with Crippen LogP contribution in [0.1, 0.15) is 35.7 Å². The SMILES string of the molecule is CCOC(=O)Nc1ccc(C(=O)NCc2ccc(N3CCCC3=O)cc2)cc1. The summed E-state index contributed by atoms with van der Waals surface area (Å²) < 4.78 is 4.81. The van der Waals surface area contributed by atoms with Crippen LogP contribution in [0, 0.1) is 0 Å². The third-order valence-electron chi connectivity index (χ3n) is 4.44. The van der Waals surface area contributed by atoms with Crippen molar-refractivity contribution in [2.45, 2.75) is 26.3 Å². The van der Waals surface area contributed by atoms with Crippen LogP contribution in [-0.4, -0.2) is 31.1 Å². The maximum absolute atomic E-state index is 12.3. The molecule has 28 heavy (non-hydrogen) atoms. The first kappa shape index (κ1) is 19.4. The summed E-state index contributed by atoms with van der Waals surface area (Å²) in [6, 6.07) is 14.2. The topological polar surface area (TPSA) is 87.7 Å². The zero-order valence-corrected chi connectivity index (χ0v) is 15.7.